The maximum absolute atomic E-state index is 11.1. The summed E-state index contributed by atoms with van der Waals surface area (Å²) >= 11 is -2.38. The van der Waals surface area contributed by atoms with E-state index in [1.54, 1.807) is 0 Å². The highest BCUT2D eigenvalue weighted by Crippen LogP contribution is 2.18. The van der Waals surface area contributed by atoms with Gasteiger partial charge in [-0.15, -0.1) is 0 Å². The Labute approximate surface area is 108 Å². The molecule has 18 heavy (non-hydrogen) atoms. The summed E-state index contributed by atoms with van der Waals surface area (Å²) < 4.78 is 50.6. The summed E-state index contributed by atoms with van der Waals surface area (Å²) in [5, 5.41) is 0.972. The Balaban J connectivity index is 2.62. The normalized spacial score (nSPS) is 13.4. The van der Waals surface area contributed by atoms with Crippen molar-refractivity contribution < 1.29 is 26.1 Å². The molecule has 1 unspecified atom stereocenters. The molecule has 0 aliphatic rings. The first-order chi connectivity index (χ1) is 8.43. The zero-order valence-electron chi connectivity index (χ0n) is 9.48. The van der Waals surface area contributed by atoms with Crippen molar-refractivity contribution in [1.29, 1.82) is 0 Å². The van der Waals surface area contributed by atoms with Gasteiger partial charge < -0.3 is 8.92 Å². The van der Waals surface area contributed by atoms with Gasteiger partial charge in [-0.3, -0.25) is 4.55 Å². The lowest BCUT2D eigenvalue weighted by atomic mass is 10.3. The van der Waals surface area contributed by atoms with E-state index in [2.05, 4.69) is 4.18 Å². The summed E-state index contributed by atoms with van der Waals surface area (Å²) in [5.74, 6) is 0.587. The van der Waals surface area contributed by atoms with Crippen LogP contribution in [0.2, 0.25) is 0 Å². The van der Waals surface area contributed by atoms with Gasteiger partial charge in [0.1, 0.15) is 17.8 Å². The molecule has 0 saturated carbocycles. The van der Waals surface area contributed by atoms with Crippen molar-refractivity contribution in [2.45, 2.75) is 6.92 Å². The fourth-order valence-electron chi connectivity index (χ4n) is 0.943. The van der Waals surface area contributed by atoms with E-state index in [9.17, 15) is 12.6 Å². The van der Waals surface area contributed by atoms with E-state index in [1.165, 1.54) is 31.2 Å². The van der Waals surface area contributed by atoms with E-state index in [1.807, 2.05) is 0 Å². The first kappa shape index (κ1) is 14.7. The second kappa shape index (κ2) is 6.53. The summed E-state index contributed by atoms with van der Waals surface area (Å²) in [7, 11) is -3.22. The molecule has 0 amide bonds. The monoisotopic (exact) mass is 292 g/mol. The average Bonchev–Trinajstić information content (AvgIpc) is 2.30. The predicted octanol–water partition coefficient (Wildman–Crippen LogP) is 1.49. The van der Waals surface area contributed by atoms with Crippen LogP contribution in [0, 0.1) is 0 Å². The summed E-state index contributed by atoms with van der Waals surface area (Å²) in [6, 6.07) is 5.80. The molecule has 0 heterocycles. The van der Waals surface area contributed by atoms with Crippen molar-refractivity contribution in [3.05, 3.63) is 35.9 Å². The number of hydrogen-bond donors (Lipinski definition) is 1. The molecule has 0 aromatic heterocycles. The zero-order valence-corrected chi connectivity index (χ0v) is 11.1. The number of rotatable bonds is 6. The topological polar surface area (TPSA) is 89.9 Å². The summed E-state index contributed by atoms with van der Waals surface area (Å²) in [6.07, 6.45) is 1.07. The van der Waals surface area contributed by atoms with Crippen molar-refractivity contribution in [2.24, 2.45) is 0 Å². The van der Waals surface area contributed by atoms with Gasteiger partial charge in [0.05, 0.1) is 11.2 Å². The van der Waals surface area contributed by atoms with Gasteiger partial charge in [-0.2, -0.15) is 4.21 Å². The molecule has 1 atom stereocenters. The SMILES string of the molecule is CCS(=O)(=O)C=COc1ccc(OS(=O)O)cc1. The van der Waals surface area contributed by atoms with E-state index < -0.39 is 21.2 Å². The van der Waals surface area contributed by atoms with Gasteiger partial charge in [-0.05, 0) is 24.3 Å². The molecule has 8 heteroatoms. The van der Waals surface area contributed by atoms with Crippen molar-refractivity contribution in [2.75, 3.05) is 5.75 Å². The average molecular weight is 292 g/mol. The van der Waals surface area contributed by atoms with E-state index in [4.69, 9.17) is 9.29 Å². The van der Waals surface area contributed by atoms with Gasteiger partial charge in [0.15, 0.2) is 9.84 Å². The van der Waals surface area contributed by atoms with Crippen LogP contribution in [0.25, 0.3) is 0 Å². The van der Waals surface area contributed by atoms with Crippen LogP contribution in [0.15, 0.2) is 35.9 Å². The minimum atomic E-state index is -3.22. The minimum absolute atomic E-state index is 0.00194. The van der Waals surface area contributed by atoms with Crippen LogP contribution in [0.3, 0.4) is 0 Å². The Bertz CT molecular complexity index is 532. The largest absolute Gasteiger partial charge is 0.464 e. The van der Waals surface area contributed by atoms with Crippen molar-refractivity contribution in [1.82, 2.24) is 0 Å². The summed E-state index contributed by atoms with van der Waals surface area (Å²) in [6.45, 7) is 1.53. The molecule has 100 valence electrons. The van der Waals surface area contributed by atoms with Gasteiger partial charge in [-0.1, -0.05) is 6.92 Å². The Morgan fingerprint density at radius 3 is 2.33 bits per heavy atom. The molecule has 0 spiro atoms. The molecule has 0 bridgehead atoms. The van der Waals surface area contributed by atoms with E-state index in [0.717, 1.165) is 11.7 Å². The second-order valence-electron chi connectivity index (χ2n) is 3.11. The molecule has 1 aromatic rings. The van der Waals surface area contributed by atoms with E-state index in [0.29, 0.717) is 5.75 Å². The number of ether oxygens (including phenoxy) is 1. The maximum Gasteiger partial charge on any atom is 0.357 e. The molecule has 0 radical (unpaired) electrons. The van der Waals surface area contributed by atoms with Crippen molar-refractivity contribution in [3.63, 3.8) is 0 Å². The quantitative estimate of drug-likeness (QED) is 0.631. The van der Waals surface area contributed by atoms with Gasteiger partial charge in [0, 0.05) is 0 Å². The molecule has 0 fully saturated rings. The zero-order chi connectivity index (χ0) is 13.6. The fourth-order valence-corrected chi connectivity index (χ4v) is 1.64. The molecule has 0 aliphatic carbocycles. The standard InChI is InChI=1S/C10H12O6S2/c1-2-18(13,14)8-7-15-9-3-5-10(6-4-9)16-17(11)12/h3-8H,2H2,1H3,(H,11,12). The molecular weight excluding hydrogens is 280 g/mol. The van der Waals surface area contributed by atoms with Gasteiger partial charge in [-0.25, -0.2) is 8.42 Å². The highest BCUT2D eigenvalue weighted by molar-refractivity contribution is 7.94. The Morgan fingerprint density at radius 2 is 1.83 bits per heavy atom. The fraction of sp³-hybridized carbons (Fsp3) is 0.200. The third kappa shape index (κ3) is 5.30. The van der Waals surface area contributed by atoms with E-state index in [-0.39, 0.29) is 11.5 Å². The summed E-state index contributed by atoms with van der Waals surface area (Å²) in [4.78, 5) is 0. The van der Waals surface area contributed by atoms with Crippen LogP contribution < -0.4 is 8.92 Å². The smallest absolute Gasteiger partial charge is 0.357 e. The van der Waals surface area contributed by atoms with Gasteiger partial charge >= 0.3 is 11.4 Å². The van der Waals surface area contributed by atoms with Crippen LogP contribution in [-0.4, -0.2) is 22.9 Å². The number of hydrogen-bond acceptors (Lipinski definition) is 5. The number of benzene rings is 1. The third-order valence-corrected chi connectivity index (χ3v) is 3.53. The summed E-state index contributed by atoms with van der Waals surface area (Å²) in [5.41, 5.74) is 0. The molecule has 1 aromatic carbocycles. The minimum Gasteiger partial charge on any atom is -0.464 e. The second-order valence-corrected chi connectivity index (χ2v) is 5.89. The lowest BCUT2D eigenvalue weighted by Gasteiger charge is -2.02. The van der Waals surface area contributed by atoms with Crippen LogP contribution in [-0.2, 0) is 21.2 Å². The first-order valence-electron chi connectivity index (χ1n) is 4.88. The van der Waals surface area contributed by atoms with Crippen LogP contribution in [0.4, 0.5) is 0 Å². The van der Waals surface area contributed by atoms with Crippen LogP contribution in [0.1, 0.15) is 6.92 Å². The van der Waals surface area contributed by atoms with Gasteiger partial charge in [0.25, 0.3) is 0 Å². The number of sulfone groups is 1. The molecule has 6 nitrogen and oxygen atoms in total. The molecular formula is C10H12O6S2. The molecule has 0 aliphatic heterocycles. The Hall–Kier alpha value is -1.38. The van der Waals surface area contributed by atoms with Crippen molar-refractivity contribution >= 4 is 21.2 Å². The Kier molecular flexibility index (Phi) is 5.32. The highest BCUT2D eigenvalue weighted by atomic mass is 32.2. The predicted molar refractivity (Wildman–Crippen MR) is 67.1 cm³/mol. The van der Waals surface area contributed by atoms with Crippen LogP contribution >= 0.6 is 0 Å². The molecule has 1 N–H and O–H groups in total. The van der Waals surface area contributed by atoms with E-state index >= 15 is 0 Å². The van der Waals surface area contributed by atoms with Crippen LogP contribution in [0.5, 0.6) is 11.5 Å². The lowest BCUT2D eigenvalue weighted by Crippen LogP contribution is -1.98. The molecule has 0 saturated heterocycles. The maximum atomic E-state index is 11.1. The highest BCUT2D eigenvalue weighted by Gasteiger charge is 2.01. The first-order valence-corrected chi connectivity index (χ1v) is 7.63. The lowest BCUT2D eigenvalue weighted by molar-refractivity contribution is 0.455. The van der Waals surface area contributed by atoms with Gasteiger partial charge in [0.2, 0.25) is 0 Å². The molecule has 1 rings (SSSR count). The van der Waals surface area contributed by atoms with Crippen molar-refractivity contribution in [3.8, 4) is 11.5 Å². The Morgan fingerprint density at radius 1 is 1.28 bits per heavy atom. The third-order valence-electron chi connectivity index (χ3n) is 1.86.